The summed E-state index contributed by atoms with van der Waals surface area (Å²) in [7, 11) is -0.430. The van der Waals surface area contributed by atoms with Gasteiger partial charge in [0.2, 0.25) is 0 Å². The summed E-state index contributed by atoms with van der Waals surface area (Å²) in [5.41, 5.74) is 6.08. The van der Waals surface area contributed by atoms with Crippen LogP contribution >= 0.6 is 0 Å². The molecule has 0 aliphatic carbocycles. The lowest BCUT2D eigenvalue weighted by molar-refractivity contribution is 0.00578. The Morgan fingerprint density at radius 1 is 1.05 bits per heavy atom. The summed E-state index contributed by atoms with van der Waals surface area (Å²) in [5.74, 6) is 0. The highest BCUT2D eigenvalue weighted by molar-refractivity contribution is 6.62. The molecule has 1 aliphatic heterocycles. The van der Waals surface area contributed by atoms with Gasteiger partial charge in [0.1, 0.15) is 6.10 Å². The van der Waals surface area contributed by atoms with Crippen molar-refractivity contribution in [2.24, 2.45) is 5.73 Å². The van der Waals surface area contributed by atoms with Gasteiger partial charge in [0.25, 0.3) is 0 Å². The van der Waals surface area contributed by atoms with E-state index >= 15 is 0 Å². The molecular formula is C15H24BNO4. The number of benzene rings is 1. The second-order valence-corrected chi connectivity index (χ2v) is 6.50. The monoisotopic (exact) mass is 293 g/mol. The largest absolute Gasteiger partial charge is 0.494 e. The van der Waals surface area contributed by atoms with Crippen LogP contribution in [-0.4, -0.2) is 41.2 Å². The van der Waals surface area contributed by atoms with Crippen LogP contribution in [0.1, 0.15) is 39.4 Å². The van der Waals surface area contributed by atoms with Gasteiger partial charge in [-0.1, -0.05) is 24.3 Å². The van der Waals surface area contributed by atoms with Gasteiger partial charge in [0, 0.05) is 6.54 Å². The predicted octanol–water partition coefficient (Wildman–Crippen LogP) is 0.339. The molecule has 1 fully saturated rings. The third-order valence-corrected chi connectivity index (χ3v) is 4.41. The molecule has 2 atom stereocenters. The van der Waals surface area contributed by atoms with Gasteiger partial charge in [-0.2, -0.15) is 0 Å². The normalized spacial score (nSPS) is 23.1. The van der Waals surface area contributed by atoms with Crippen molar-refractivity contribution in [3.05, 3.63) is 29.8 Å². The fraction of sp³-hybridized carbons (Fsp3) is 0.600. The van der Waals surface area contributed by atoms with Gasteiger partial charge < -0.3 is 25.3 Å². The van der Waals surface area contributed by atoms with Crippen LogP contribution in [0.2, 0.25) is 0 Å². The minimum atomic E-state index is -0.984. The van der Waals surface area contributed by atoms with Crippen LogP contribution in [0.5, 0.6) is 0 Å². The second-order valence-electron chi connectivity index (χ2n) is 6.50. The minimum absolute atomic E-state index is 0.0140. The molecule has 1 aromatic carbocycles. The Morgan fingerprint density at radius 2 is 1.52 bits per heavy atom. The van der Waals surface area contributed by atoms with Crippen LogP contribution in [0.25, 0.3) is 0 Å². The SMILES string of the molecule is CC1(C)OB(c2ccc(C(O)C(O)CN)cc2)OC1(C)C. The zero-order valence-electron chi connectivity index (χ0n) is 13.0. The molecule has 1 saturated heterocycles. The lowest BCUT2D eigenvalue weighted by Gasteiger charge is -2.32. The topological polar surface area (TPSA) is 84.9 Å². The fourth-order valence-electron chi connectivity index (χ4n) is 2.18. The van der Waals surface area contributed by atoms with Crippen LogP contribution in [0.4, 0.5) is 0 Å². The molecule has 0 saturated carbocycles. The Morgan fingerprint density at radius 3 is 1.95 bits per heavy atom. The van der Waals surface area contributed by atoms with Gasteiger partial charge in [-0.3, -0.25) is 0 Å². The molecule has 0 amide bonds. The molecule has 0 bridgehead atoms. The van der Waals surface area contributed by atoms with E-state index in [9.17, 15) is 10.2 Å². The first-order valence-electron chi connectivity index (χ1n) is 7.19. The summed E-state index contributed by atoms with van der Waals surface area (Å²) in [6, 6.07) is 7.18. The highest BCUT2D eigenvalue weighted by atomic mass is 16.7. The van der Waals surface area contributed by atoms with Gasteiger partial charge in [-0.15, -0.1) is 0 Å². The molecule has 116 valence electrons. The van der Waals surface area contributed by atoms with Gasteiger partial charge >= 0.3 is 7.12 Å². The molecule has 0 aromatic heterocycles. The van der Waals surface area contributed by atoms with E-state index in [0.717, 1.165) is 5.46 Å². The van der Waals surface area contributed by atoms with Crippen molar-refractivity contribution < 1.29 is 19.5 Å². The van der Waals surface area contributed by atoms with Crippen LogP contribution in [0, 0.1) is 0 Å². The van der Waals surface area contributed by atoms with Crippen molar-refractivity contribution in [2.45, 2.75) is 51.1 Å². The van der Waals surface area contributed by atoms with E-state index in [2.05, 4.69) is 0 Å². The Labute approximate surface area is 126 Å². The van der Waals surface area contributed by atoms with E-state index in [-0.39, 0.29) is 17.7 Å². The van der Waals surface area contributed by atoms with E-state index < -0.39 is 19.3 Å². The third-order valence-electron chi connectivity index (χ3n) is 4.41. The second kappa shape index (κ2) is 5.70. The maximum atomic E-state index is 9.92. The standard InChI is InChI=1S/C15H24BNO4/c1-14(2)15(3,4)21-16(20-14)11-7-5-10(6-8-11)13(19)12(18)9-17/h5-8,12-13,18-19H,9,17H2,1-4H3. The van der Waals surface area contributed by atoms with Crippen molar-refractivity contribution >= 4 is 12.6 Å². The van der Waals surface area contributed by atoms with Crippen LogP contribution in [0.15, 0.2) is 24.3 Å². The fourth-order valence-corrected chi connectivity index (χ4v) is 2.18. The summed E-state index contributed by atoms with van der Waals surface area (Å²) in [6.45, 7) is 8.02. The maximum absolute atomic E-state index is 9.92. The summed E-state index contributed by atoms with van der Waals surface area (Å²) in [4.78, 5) is 0. The average molecular weight is 293 g/mol. The van der Waals surface area contributed by atoms with Crippen LogP contribution in [-0.2, 0) is 9.31 Å². The summed E-state index contributed by atoms with van der Waals surface area (Å²) in [6.07, 6.45) is -1.95. The smallest absolute Gasteiger partial charge is 0.399 e. The van der Waals surface area contributed by atoms with Crippen molar-refractivity contribution in [3.8, 4) is 0 Å². The molecule has 21 heavy (non-hydrogen) atoms. The van der Waals surface area contributed by atoms with Gasteiger partial charge in [0.05, 0.1) is 17.3 Å². The van der Waals surface area contributed by atoms with E-state index in [0.29, 0.717) is 5.56 Å². The lowest BCUT2D eigenvalue weighted by atomic mass is 9.78. The van der Waals surface area contributed by atoms with Crippen molar-refractivity contribution in [3.63, 3.8) is 0 Å². The summed E-state index contributed by atoms with van der Waals surface area (Å²) in [5, 5.41) is 19.5. The van der Waals surface area contributed by atoms with Gasteiger partial charge in [-0.25, -0.2) is 0 Å². The number of aliphatic hydroxyl groups excluding tert-OH is 2. The van der Waals surface area contributed by atoms with Crippen LogP contribution in [0.3, 0.4) is 0 Å². The minimum Gasteiger partial charge on any atom is -0.399 e. The number of nitrogens with two attached hydrogens (primary N) is 1. The molecule has 5 nitrogen and oxygen atoms in total. The number of hydrogen-bond donors (Lipinski definition) is 3. The van der Waals surface area contributed by atoms with E-state index in [4.69, 9.17) is 15.0 Å². The predicted molar refractivity (Wildman–Crippen MR) is 82.2 cm³/mol. The van der Waals surface area contributed by atoms with Gasteiger partial charge in [-0.05, 0) is 38.7 Å². The molecule has 2 unspecified atom stereocenters. The number of aliphatic hydroxyl groups is 2. The zero-order chi connectivity index (χ0) is 15.8. The van der Waals surface area contributed by atoms with E-state index in [1.54, 1.807) is 12.1 Å². The molecular weight excluding hydrogens is 269 g/mol. The Hall–Kier alpha value is -0.915. The summed E-state index contributed by atoms with van der Waals surface area (Å²) < 4.78 is 11.9. The molecule has 2 rings (SSSR count). The van der Waals surface area contributed by atoms with Crippen molar-refractivity contribution in [1.82, 2.24) is 0 Å². The molecule has 1 aromatic rings. The molecule has 6 heteroatoms. The quantitative estimate of drug-likeness (QED) is 0.697. The average Bonchev–Trinajstić information content (AvgIpc) is 2.66. The maximum Gasteiger partial charge on any atom is 0.494 e. The molecule has 0 radical (unpaired) electrons. The van der Waals surface area contributed by atoms with E-state index in [1.807, 2.05) is 39.8 Å². The molecule has 4 N–H and O–H groups in total. The highest BCUT2D eigenvalue weighted by Gasteiger charge is 2.51. The van der Waals surface area contributed by atoms with Gasteiger partial charge in [0.15, 0.2) is 0 Å². The Kier molecular flexibility index (Phi) is 4.47. The molecule has 1 aliphatic rings. The van der Waals surface area contributed by atoms with Crippen LogP contribution < -0.4 is 11.2 Å². The zero-order valence-corrected chi connectivity index (χ0v) is 13.0. The van der Waals surface area contributed by atoms with E-state index in [1.165, 1.54) is 0 Å². The number of hydrogen-bond acceptors (Lipinski definition) is 5. The first-order valence-corrected chi connectivity index (χ1v) is 7.19. The Bertz CT molecular complexity index is 473. The number of rotatable bonds is 4. The van der Waals surface area contributed by atoms with Crippen molar-refractivity contribution in [2.75, 3.05) is 6.54 Å². The Balaban J connectivity index is 2.14. The molecule has 0 spiro atoms. The highest BCUT2D eigenvalue weighted by Crippen LogP contribution is 2.36. The summed E-state index contributed by atoms with van der Waals surface area (Å²) >= 11 is 0. The lowest BCUT2D eigenvalue weighted by Crippen LogP contribution is -2.41. The third kappa shape index (κ3) is 3.15. The molecule has 1 heterocycles. The first kappa shape index (κ1) is 16.5. The first-order chi connectivity index (χ1) is 9.68. The van der Waals surface area contributed by atoms with Crippen molar-refractivity contribution in [1.29, 1.82) is 0 Å².